The zero-order chi connectivity index (χ0) is 13.0. The number of nitrogens with one attached hydrogen (secondary N) is 1. The van der Waals surface area contributed by atoms with Crippen molar-refractivity contribution in [2.24, 2.45) is 0 Å². The average Bonchev–Trinajstić information content (AvgIpc) is 2.40. The summed E-state index contributed by atoms with van der Waals surface area (Å²) in [6.45, 7) is 0. The molecule has 2 rings (SSSR count). The number of rotatable bonds is 3. The molecule has 1 aromatic carbocycles. The standard InChI is InChI=1S/C12H12N4O2/c1-18-11-3-2-9(13)4-10(11)16-12(17)8-5-14-7-15-6-8/h2-7H,13H2,1H3,(H,16,17). The lowest BCUT2D eigenvalue weighted by Crippen LogP contribution is -2.13. The van der Waals surface area contributed by atoms with E-state index in [1.807, 2.05) is 0 Å². The maximum Gasteiger partial charge on any atom is 0.258 e. The summed E-state index contributed by atoms with van der Waals surface area (Å²) in [6, 6.07) is 5.01. The number of hydrogen-bond acceptors (Lipinski definition) is 5. The van der Waals surface area contributed by atoms with Gasteiger partial charge in [0.15, 0.2) is 0 Å². The number of nitrogens with zero attached hydrogens (tertiary/aromatic N) is 2. The number of aromatic nitrogens is 2. The third-order valence-electron chi connectivity index (χ3n) is 2.29. The van der Waals surface area contributed by atoms with Gasteiger partial charge in [-0.05, 0) is 18.2 Å². The second kappa shape index (κ2) is 5.13. The number of carbonyl (C=O) groups is 1. The lowest BCUT2D eigenvalue weighted by Gasteiger charge is -2.10. The largest absolute Gasteiger partial charge is 0.495 e. The minimum Gasteiger partial charge on any atom is -0.495 e. The Kier molecular flexibility index (Phi) is 3.38. The number of hydrogen-bond donors (Lipinski definition) is 2. The van der Waals surface area contributed by atoms with Gasteiger partial charge in [-0.25, -0.2) is 9.97 Å². The van der Waals surface area contributed by atoms with Gasteiger partial charge in [0, 0.05) is 18.1 Å². The van der Waals surface area contributed by atoms with Crippen LogP contribution in [-0.4, -0.2) is 23.0 Å². The minimum absolute atomic E-state index is 0.320. The maximum absolute atomic E-state index is 11.9. The monoisotopic (exact) mass is 244 g/mol. The van der Waals surface area contributed by atoms with Crippen molar-refractivity contribution < 1.29 is 9.53 Å². The van der Waals surface area contributed by atoms with Crippen LogP contribution in [0.5, 0.6) is 5.75 Å². The highest BCUT2D eigenvalue weighted by Crippen LogP contribution is 2.26. The molecule has 1 amide bonds. The Morgan fingerprint density at radius 2 is 2.06 bits per heavy atom. The van der Waals surface area contributed by atoms with Gasteiger partial charge in [-0.1, -0.05) is 0 Å². The summed E-state index contributed by atoms with van der Waals surface area (Å²) in [6.07, 6.45) is 4.22. The number of amides is 1. The molecule has 3 N–H and O–H groups in total. The number of carbonyl (C=O) groups excluding carboxylic acids is 1. The SMILES string of the molecule is COc1ccc(N)cc1NC(=O)c1cncnc1. The van der Waals surface area contributed by atoms with Crippen molar-refractivity contribution in [1.29, 1.82) is 0 Å². The van der Waals surface area contributed by atoms with Crippen LogP contribution in [0.25, 0.3) is 0 Å². The highest BCUT2D eigenvalue weighted by Gasteiger charge is 2.10. The van der Waals surface area contributed by atoms with E-state index in [0.717, 1.165) is 0 Å². The molecule has 0 aliphatic rings. The second-order valence-electron chi connectivity index (χ2n) is 3.54. The zero-order valence-electron chi connectivity index (χ0n) is 9.75. The molecular formula is C12H12N4O2. The van der Waals surface area contributed by atoms with Crippen molar-refractivity contribution in [2.45, 2.75) is 0 Å². The average molecular weight is 244 g/mol. The molecule has 1 heterocycles. The topological polar surface area (TPSA) is 90.1 Å². The number of nitrogen functional groups attached to an aromatic ring is 1. The smallest absolute Gasteiger partial charge is 0.258 e. The van der Waals surface area contributed by atoms with E-state index in [0.29, 0.717) is 22.7 Å². The van der Waals surface area contributed by atoms with Gasteiger partial charge in [0.2, 0.25) is 0 Å². The fourth-order valence-corrected chi connectivity index (χ4v) is 1.43. The van der Waals surface area contributed by atoms with Gasteiger partial charge in [0.1, 0.15) is 12.1 Å². The van der Waals surface area contributed by atoms with Crippen LogP contribution in [0.4, 0.5) is 11.4 Å². The Hall–Kier alpha value is -2.63. The summed E-state index contributed by atoms with van der Waals surface area (Å²) in [5.74, 6) is 0.217. The minimum atomic E-state index is -0.320. The van der Waals surface area contributed by atoms with Gasteiger partial charge in [-0.15, -0.1) is 0 Å². The van der Waals surface area contributed by atoms with Gasteiger partial charge in [-0.2, -0.15) is 0 Å². The van der Waals surface area contributed by atoms with Crippen LogP contribution in [0.3, 0.4) is 0 Å². The van der Waals surface area contributed by atoms with Crippen molar-refractivity contribution in [1.82, 2.24) is 9.97 Å². The van der Waals surface area contributed by atoms with Gasteiger partial charge >= 0.3 is 0 Å². The van der Waals surface area contributed by atoms with E-state index in [-0.39, 0.29) is 5.91 Å². The van der Waals surface area contributed by atoms with E-state index in [2.05, 4.69) is 15.3 Å². The highest BCUT2D eigenvalue weighted by atomic mass is 16.5. The van der Waals surface area contributed by atoms with Crippen LogP contribution in [0, 0.1) is 0 Å². The van der Waals surface area contributed by atoms with E-state index in [4.69, 9.17) is 10.5 Å². The van der Waals surface area contributed by atoms with Gasteiger partial charge in [-0.3, -0.25) is 4.79 Å². The third kappa shape index (κ3) is 2.54. The molecule has 0 fully saturated rings. The summed E-state index contributed by atoms with van der Waals surface area (Å²) in [5.41, 5.74) is 7.07. The summed E-state index contributed by atoms with van der Waals surface area (Å²) >= 11 is 0. The van der Waals surface area contributed by atoms with Crippen molar-refractivity contribution in [3.8, 4) is 5.75 Å². The molecule has 0 saturated heterocycles. The van der Waals surface area contributed by atoms with E-state index >= 15 is 0 Å². The number of ether oxygens (including phenoxy) is 1. The molecule has 6 nitrogen and oxygen atoms in total. The third-order valence-corrected chi connectivity index (χ3v) is 2.29. The van der Waals surface area contributed by atoms with Crippen molar-refractivity contribution >= 4 is 17.3 Å². The highest BCUT2D eigenvalue weighted by molar-refractivity contribution is 6.04. The fraction of sp³-hybridized carbons (Fsp3) is 0.0833. The molecule has 0 aliphatic heterocycles. The summed E-state index contributed by atoms with van der Waals surface area (Å²) in [7, 11) is 1.52. The lowest BCUT2D eigenvalue weighted by atomic mass is 10.2. The first-order chi connectivity index (χ1) is 8.70. The molecule has 1 aromatic heterocycles. The number of methoxy groups -OCH3 is 1. The lowest BCUT2D eigenvalue weighted by molar-refractivity contribution is 0.102. The Labute approximate surface area is 104 Å². The molecular weight excluding hydrogens is 232 g/mol. The number of anilines is 2. The normalized spacial score (nSPS) is 9.83. The van der Waals surface area contributed by atoms with Crippen LogP contribution < -0.4 is 15.8 Å². The fourth-order valence-electron chi connectivity index (χ4n) is 1.43. The maximum atomic E-state index is 11.9. The van der Waals surface area contributed by atoms with Crippen molar-refractivity contribution in [3.63, 3.8) is 0 Å². The molecule has 0 atom stereocenters. The van der Waals surface area contributed by atoms with Crippen LogP contribution in [0.15, 0.2) is 36.9 Å². The molecule has 0 saturated carbocycles. The number of nitrogens with two attached hydrogens (primary N) is 1. The molecule has 18 heavy (non-hydrogen) atoms. The van der Waals surface area contributed by atoms with E-state index in [9.17, 15) is 4.79 Å². The molecule has 0 radical (unpaired) electrons. The predicted molar refractivity (Wildman–Crippen MR) is 67.4 cm³/mol. The van der Waals surface area contributed by atoms with Gasteiger partial charge in [0.25, 0.3) is 5.91 Å². The quantitative estimate of drug-likeness (QED) is 0.795. The van der Waals surface area contributed by atoms with E-state index < -0.39 is 0 Å². The first kappa shape index (κ1) is 11.8. The molecule has 0 spiro atoms. The molecule has 0 aliphatic carbocycles. The Bertz CT molecular complexity index is 557. The summed E-state index contributed by atoms with van der Waals surface area (Å²) in [4.78, 5) is 19.5. The first-order valence-electron chi connectivity index (χ1n) is 5.20. The van der Waals surface area contributed by atoms with Crippen molar-refractivity contribution in [3.05, 3.63) is 42.5 Å². The van der Waals surface area contributed by atoms with Crippen LogP contribution >= 0.6 is 0 Å². The zero-order valence-corrected chi connectivity index (χ0v) is 9.75. The van der Waals surface area contributed by atoms with Gasteiger partial charge < -0.3 is 15.8 Å². The first-order valence-corrected chi connectivity index (χ1v) is 5.20. The molecule has 2 aromatic rings. The Morgan fingerprint density at radius 3 is 2.72 bits per heavy atom. The molecule has 92 valence electrons. The Morgan fingerprint density at radius 1 is 1.33 bits per heavy atom. The van der Waals surface area contributed by atoms with Gasteiger partial charge in [0.05, 0.1) is 18.4 Å². The summed E-state index contributed by atoms with van der Waals surface area (Å²) in [5, 5.41) is 2.69. The van der Waals surface area contributed by atoms with Crippen LogP contribution in [0.2, 0.25) is 0 Å². The van der Waals surface area contributed by atoms with E-state index in [1.54, 1.807) is 18.2 Å². The van der Waals surface area contributed by atoms with Crippen molar-refractivity contribution in [2.75, 3.05) is 18.2 Å². The molecule has 0 bridgehead atoms. The van der Waals surface area contributed by atoms with Crippen LogP contribution in [-0.2, 0) is 0 Å². The Balaban J connectivity index is 2.24. The predicted octanol–water partition coefficient (Wildman–Crippen LogP) is 1.32. The van der Waals surface area contributed by atoms with E-state index in [1.165, 1.54) is 25.8 Å². The molecule has 0 unspecified atom stereocenters. The summed E-state index contributed by atoms with van der Waals surface area (Å²) < 4.78 is 5.14. The number of benzene rings is 1. The van der Waals surface area contributed by atoms with Crippen LogP contribution in [0.1, 0.15) is 10.4 Å². The molecule has 6 heteroatoms. The second-order valence-corrected chi connectivity index (χ2v) is 3.54.